The Kier molecular flexibility index (Phi) is 4.75. The lowest BCUT2D eigenvalue weighted by atomic mass is 10.1. The molecular weight excluding hydrogens is 245 g/mol. The van der Waals surface area contributed by atoms with Crippen molar-refractivity contribution in [3.63, 3.8) is 0 Å². The first-order chi connectivity index (χ1) is 7.91. The molecule has 94 valence electrons. The minimum Gasteiger partial charge on any atom is -0.481 e. The van der Waals surface area contributed by atoms with Crippen molar-refractivity contribution in [3.05, 3.63) is 28.5 Å². The maximum absolute atomic E-state index is 13.3. The van der Waals surface area contributed by atoms with Gasteiger partial charge in [-0.1, -0.05) is 18.5 Å². The molecule has 0 aliphatic rings. The average Bonchev–Trinajstić information content (AvgIpc) is 2.25. The van der Waals surface area contributed by atoms with E-state index in [1.165, 1.54) is 6.07 Å². The summed E-state index contributed by atoms with van der Waals surface area (Å²) in [6.07, 6.45) is 0.459. The lowest BCUT2D eigenvalue weighted by Gasteiger charge is -2.11. The maximum Gasteiger partial charge on any atom is 0.306 e. The molecule has 0 fully saturated rings. The van der Waals surface area contributed by atoms with Gasteiger partial charge >= 0.3 is 5.97 Å². The van der Waals surface area contributed by atoms with E-state index < -0.39 is 11.9 Å². The van der Waals surface area contributed by atoms with Gasteiger partial charge in [0, 0.05) is 6.54 Å². The molecule has 0 amide bonds. The third-order valence-electron chi connectivity index (χ3n) is 2.56. The van der Waals surface area contributed by atoms with E-state index in [-0.39, 0.29) is 5.82 Å². The molecule has 1 aromatic carbocycles. The maximum atomic E-state index is 13.3. The third kappa shape index (κ3) is 3.89. The number of rotatable bonds is 5. The van der Waals surface area contributed by atoms with Crippen LogP contribution in [0.4, 0.5) is 10.1 Å². The van der Waals surface area contributed by atoms with Crippen LogP contribution in [0.25, 0.3) is 0 Å². The van der Waals surface area contributed by atoms with Crippen LogP contribution in [0, 0.1) is 18.7 Å². The van der Waals surface area contributed by atoms with Crippen molar-refractivity contribution in [1.29, 1.82) is 0 Å². The summed E-state index contributed by atoms with van der Waals surface area (Å²) >= 11 is 5.93. The number of anilines is 1. The van der Waals surface area contributed by atoms with E-state index >= 15 is 0 Å². The van der Waals surface area contributed by atoms with Crippen LogP contribution in [0.1, 0.15) is 18.9 Å². The molecule has 1 unspecified atom stereocenters. The molecule has 2 N–H and O–H groups in total. The topological polar surface area (TPSA) is 49.3 Å². The second-order valence-electron chi connectivity index (χ2n) is 4.04. The zero-order chi connectivity index (χ0) is 13.0. The summed E-state index contributed by atoms with van der Waals surface area (Å²) in [5.41, 5.74) is 0.979. The van der Waals surface area contributed by atoms with Crippen LogP contribution in [0.5, 0.6) is 0 Å². The molecule has 1 atom stereocenters. The number of carboxylic acid groups (broad SMARTS) is 1. The van der Waals surface area contributed by atoms with Crippen LogP contribution in [0.2, 0.25) is 5.02 Å². The number of hydrogen-bond acceptors (Lipinski definition) is 2. The highest BCUT2D eigenvalue weighted by atomic mass is 35.5. The second kappa shape index (κ2) is 5.87. The summed E-state index contributed by atoms with van der Waals surface area (Å²) in [5.74, 6) is -1.60. The van der Waals surface area contributed by atoms with Gasteiger partial charge in [-0.05, 0) is 31.0 Å². The molecule has 0 aliphatic heterocycles. The number of halogens is 2. The highest BCUT2D eigenvalue weighted by Crippen LogP contribution is 2.25. The number of hydrogen-bond donors (Lipinski definition) is 2. The van der Waals surface area contributed by atoms with Gasteiger partial charge < -0.3 is 10.4 Å². The fourth-order valence-electron chi connectivity index (χ4n) is 1.33. The van der Waals surface area contributed by atoms with Gasteiger partial charge in [0.25, 0.3) is 0 Å². The summed E-state index contributed by atoms with van der Waals surface area (Å²) in [6.45, 7) is 3.70. The van der Waals surface area contributed by atoms with Crippen LogP contribution in [-0.2, 0) is 4.79 Å². The molecular formula is C12H15ClFNO2. The van der Waals surface area contributed by atoms with Gasteiger partial charge in [-0.3, -0.25) is 4.79 Å². The van der Waals surface area contributed by atoms with E-state index in [2.05, 4.69) is 5.32 Å². The van der Waals surface area contributed by atoms with E-state index in [4.69, 9.17) is 16.7 Å². The zero-order valence-electron chi connectivity index (χ0n) is 9.76. The normalized spacial score (nSPS) is 12.2. The van der Waals surface area contributed by atoms with E-state index in [1.807, 2.05) is 0 Å². The van der Waals surface area contributed by atoms with Crippen molar-refractivity contribution < 1.29 is 14.3 Å². The smallest absolute Gasteiger partial charge is 0.306 e. The van der Waals surface area contributed by atoms with Crippen molar-refractivity contribution >= 4 is 23.3 Å². The van der Waals surface area contributed by atoms with Crippen molar-refractivity contribution in [2.45, 2.75) is 20.3 Å². The molecule has 5 heteroatoms. The summed E-state index contributed by atoms with van der Waals surface area (Å²) in [4.78, 5) is 10.6. The molecule has 1 aromatic rings. The fraction of sp³-hybridized carbons (Fsp3) is 0.417. The first-order valence-electron chi connectivity index (χ1n) is 5.34. The van der Waals surface area contributed by atoms with Crippen LogP contribution < -0.4 is 5.32 Å². The zero-order valence-corrected chi connectivity index (χ0v) is 10.5. The molecule has 1 rings (SSSR count). The van der Waals surface area contributed by atoms with Crippen LogP contribution >= 0.6 is 11.6 Å². The molecule has 0 aliphatic carbocycles. The first-order valence-corrected chi connectivity index (χ1v) is 5.72. The van der Waals surface area contributed by atoms with Gasteiger partial charge in [0.05, 0.1) is 16.6 Å². The number of carbonyl (C=O) groups is 1. The fourth-order valence-corrected chi connectivity index (χ4v) is 1.61. The summed E-state index contributed by atoms with van der Waals surface area (Å²) < 4.78 is 13.3. The molecule has 0 aromatic heterocycles. The van der Waals surface area contributed by atoms with Gasteiger partial charge in [0.1, 0.15) is 5.82 Å². The predicted octanol–water partition coefficient (Wildman–Crippen LogP) is 3.31. The molecule has 17 heavy (non-hydrogen) atoms. The van der Waals surface area contributed by atoms with E-state index in [1.54, 1.807) is 19.9 Å². The molecule has 0 radical (unpaired) electrons. The standard InChI is InChI=1S/C12H15ClFNO2/c1-7(12(16)17)3-4-15-11-6-10(14)8(2)5-9(11)13/h5-7,15H,3-4H2,1-2H3,(H,16,17). The van der Waals surface area contributed by atoms with Crippen molar-refractivity contribution in [3.8, 4) is 0 Å². The summed E-state index contributed by atoms with van der Waals surface area (Å²) in [5, 5.41) is 12.1. The Bertz CT molecular complexity index is 423. The number of aryl methyl sites for hydroxylation is 1. The highest BCUT2D eigenvalue weighted by molar-refractivity contribution is 6.33. The quantitative estimate of drug-likeness (QED) is 0.853. The first kappa shape index (κ1) is 13.8. The van der Waals surface area contributed by atoms with Crippen LogP contribution in [0.3, 0.4) is 0 Å². The molecule has 0 saturated heterocycles. The largest absolute Gasteiger partial charge is 0.481 e. The van der Waals surface area contributed by atoms with Crippen LogP contribution in [-0.4, -0.2) is 17.6 Å². The average molecular weight is 260 g/mol. The minimum atomic E-state index is -0.840. The van der Waals surface area contributed by atoms with Gasteiger partial charge in [0.2, 0.25) is 0 Å². The monoisotopic (exact) mass is 259 g/mol. The number of benzene rings is 1. The molecule has 0 heterocycles. The van der Waals surface area contributed by atoms with Crippen LogP contribution in [0.15, 0.2) is 12.1 Å². The van der Waals surface area contributed by atoms with E-state index in [0.29, 0.717) is 29.2 Å². The van der Waals surface area contributed by atoms with Crippen molar-refractivity contribution in [1.82, 2.24) is 0 Å². The van der Waals surface area contributed by atoms with Gasteiger partial charge in [-0.2, -0.15) is 0 Å². The molecule has 0 bridgehead atoms. The molecule has 0 saturated carbocycles. The van der Waals surface area contributed by atoms with Crippen molar-refractivity contribution in [2.75, 3.05) is 11.9 Å². The Hall–Kier alpha value is -1.29. The lowest BCUT2D eigenvalue weighted by molar-refractivity contribution is -0.141. The lowest BCUT2D eigenvalue weighted by Crippen LogP contribution is -2.14. The molecule has 0 spiro atoms. The van der Waals surface area contributed by atoms with Crippen molar-refractivity contribution in [2.24, 2.45) is 5.92 Å². The number of aliphatic carboxylic acids is 1. The Balaban J connectivity index is 2.58. The minimum absolute atomic E-state index is 0.330. The Labute approximate surface area is 105 Å². The predicted molar refractivity (Wildman–Crippen MR) is 66.1 cm³/mol. The summed E-state index contributed by atoms with van der Waals surface area (Å²) in [6, 6.07) is 2.86. The van der Waals surface area contributed by atoms with E-state index in [9.17, 15) is 9.18 Å². The Morgan fingerprint density at radius 3 is 2.82 bits per heavy atom. The number of carboxylic acids is 1. The second-order valence-corrected chi connectivity index (χ2v) is 4.44. The Morgan fingerprint density at radius 2 is 2.24 bits per heavy atom. The van der Waals surface area contributed by atoms with Gasteiger partial charge in [0.15, 0.2) is 0 Å². The SMILES string of the molecule is Cc1cc(Cl)c(NCCC(C)C(=O)O)cc1F. The third-order valence-corrected chi connectivity index (χ3v) is 2.88. The van der Waals surface area contributed by atoms with Gasteiger partial charge in [-0.15, -0.1) is 0 Å². The Morgan fingerprint density at radius 1 is 1.59 bits per heavy atom. The van der Waals surface area contributed by atoms with E-state index in [0.717, 1.165) is 0 Å². The summed E-state index contributed by atoms with van der Waals surface area (Å²) in [7, 11) is 0. The van der Waals surface area contributed by atoms with Gasteiger partial charge in [-0.25, -0.2) is 4.39 Å². The number of nitrogens with one attached hydrogen (secondary N) is 1. The molecule has 3 nitrogen and oxygen atoms in total. The highest BCUT2D eigenvalue weighted by Gasteiger charge is 2.11.